The molecule has 20 heavy (non-hydrogen) atoms. The Morgan fingerprint density at radius 3 is 2.55 bits per heavy atom. The first-order chi connectivity index (χ1) is 9.49. The molecule has 0 aliphatic heterocycles. The molecule has 5 heteroatoms. The van der Waals surface area contributed by atoms with Crippen LogP contribution in [-0.4, -0.2) is 11.7 Å². The molecule has 0 saturated carbocycles. The number of ether oxygens (including phenoxy) is 1. The molecule has 0 unspecified atom stereocenters. The van der Waals surface area contributed by atoms with Gasteiger partial charge in [0.25, 0.3) is 5.56 Å². The molecule has 2 rings (SSSR count). The summed E-state index contributed by atoms with van der Waals surface area (Å²) in [6, 6.07) is 8.84. The number of nitrogens with zero attached hydrogens (tertiary/aromatic N) is 2. The number of nitrogens with two attached hydrogens (primary N) is 1. The van der Waals surface area contributed by atoms with Gasteiger partial charge >= 0.3 is 0 Å². The highest BCUT2D eigenvalue weighted by Gasteiger charge is 2.12. The van der Waals surface area contributed by atoms with Crippen LogP contribution in [0.15, 0.2) is 29.1 Å². The predicted molar refractivity (Wildman–Crippen MR) is 77.2 cm³/mol. The Morgan fingerprint density at radius 1 is 1.30 bits per heavy atom. The molecule has 0 spiro atoms. The third-order valence-electron chi connectivity index (χ3n) is 3.17. The topological polar surface area (TPSA) is 81.0 Å². The molecule has 0 bridgehead atoms. The average molecular weight is 269 g/mol. The number of methoxy groups -OCH3 is 1. The Kier molecular flexibility index (Phi) is 3.49. The van der Waals surface area contributed by atoms with Crippen LogP contribution >= 0.6 is 0 Å². The van der Waals surface area contributed by atoms with E-state index in [4.69, 9.17) is 15.7 Å². The van der Waals surface area contributed by atoms with Crippen molar-refractivity contribution in [3.8, 4) is 17.5 Å². The summed E-state index contributed by atoms with van der Waals surface area (Å²) in [6.07, 6.45) is 0. The molecule has 0 fully saturated rings. The Morgan fingerprint density at radius 2 is 2.00 bits per heavy atom. The van der Waals surface area contributed by atoms with Gasteiger partial charge in [0.1, 0.15) is 17.4 Å². The van der Waals surface area contributed by atoms with E-state index in [-0.39, 0.29) is 11.1 Å². The van der Waals surface area contributed by atoms with Crippen LogP contribution in [0.25, 0.3) is 5.69 Å². The van der Waals surface area contributed by atoms with Gasteiger partial charge in [-0.1, -0.05) is 0 Å². The van der Waals surface area contributed by atoms with Gasteiger partial charge < -0.3 is 10.5 Å². The van der Waals surface area contributed by atoms with E-state index in [1.165, 1.54) is 11.7 Å². The first-order valence-electron chi connectivity index (χ1n) is 6.06. The maximum atomic E-state index is 12.4. The lowest BCUT2D eigenvalue weighted by molar-refractivity contribution is 0.417. The Hall–Kier alpha value is -2.74. The summed E-state index contributed by atoms with van der Waals surface area (Å²) in [6.45, 7) is 3.57. The minimum Gasteiger partial charge on any atom is -0.495 e. The van der Waals surface area contributed by atoms with Crippen molar-refractivity contribution in [1.29, 1.82) is 5.26 Å². The second-order valence-electron chi connectivity index (χ2n) is 4.52. The van der Waals surface area contributed by atoms with Gasteiger partial charge in [0.2, 0.25) is 0 Å². The van der Waals surface area contributed by atoms with Crippen molar-refractivity contribution in [1.82, 2.24) is 4.57 Å². The number of benzene rings is 1. The number of aryl methyl sites for hydroxylation is 2. The highest BCUT2D eigenvalue weighted by Crippen LogP contribution is 2.24. The van der Waals surface area contributed by atoms with E-state index in [2.05, 4.69) is 0 Å². The summed E-state index contributed by atoms with van der Waals surface area (Å²) < 4.78 is 6.57. The highest BCUT2D eigenvalue weighted by molar-refractivity contribution is 5.59. The van der Waals surface area contributed by atoms with Crippen LogP contribution in [0.3, 0.4) is 0 Å². The van der Waals surface area contributed by atoms with E-state index in [1.54, 1.807) is 31.2 Å². The summed E-state index contributed by atoms with van der Waals surface area (Å²) >= 11 is 0. The molecule has 2 N–H and O–H groups in total. The van der Waals surface area contributed by atoms with Crippen LogP contribution in [0.4, 0.5) is 5.69 Å². The van der Waals surface area contributed by atoms with E-state index in [9.17, 15) is 4.79 Å². The Balaban J connectivity index is 2.74. The third kappa shape index (κ3) is 2.12. The molecule has 0 radical (unpaired) electrons. The van der Waals surface area contributed by atoms with E-state index in [0.29, 0.717) is 22.7 Å². The second kappa shape index (κ2) is 5.10. The van der Waals surface area contributed by atoms with Crippen LogP contribution in [0.1, 0.15) is 16.8 Å². The van der Waals surface area contributed by atoms with Gasteiger partial charge in [-0.2, -0.15) is 5.26 Å². The molecular weight excluding hydrogens is 254 g/mol. The molecule has 5 nitrogen and oxygen atoms in total. The number of nitriles is 1. The molecule has 1 heterocycles. The zero-order valence-electron chi connectivity index (χ0n) is 11.6. The quantitative estimate of drug-likeness (QED) is 0.844. The SMILES string of the molecule is COc1ccc(-n2c(C)cc(C)c(C#N)c2=O)cc1N. The van der Waals surface area contributed by atoms with Crippen LogP contribution in [0.2, 0.25) is 0 Å². The number of pyridine rings is 1. The smallest absolute Gasteiger partial charge is 0.273 e. The van der Waals surface area contributed by atoms with E-state index >= 15 is 0 Å². The number of hydrogen-bond donors (Lipinski definition) is 1. The van der Waals surface area contributed by atoms with Crippen LogP contribution in [0, 0.1) is 25.2 Å². The predicted octanol–water partition coefficient (Wildman–Crippen LogP) is 1.92. The second-order valence-corrected chi connectivity index (χ2v) is 4.52. The van der Waals surface area contributed by atoms with Gasteiger partial charge in [0.05, 0.1) is 18.5 Å². The number of aromatic nitrogens is 1. The lowest BCUT2D eigenvalue weighted by Gasteiger charge is -2.13. The maximum absolute atomic E-state index is 12.4. The van der Waals surface area contributed by atoms with Crippen molar-refractivity contribution in [2.75, 3.05) is 12.8 Å². The van der Waals surface area contributed by atoms with Crippen molar-refractivity contribution in [2.24, 2.45) is 0 Å². The summed E-state index contributed by atoms with van der Waals surface area (Å²) in [5.41, 5.74) is 8.14. The lowest BCUT2D eigenvalue weighted by Crippen LogP contribution is -2.24. The molecule has 0 atom stereocenters. The molecule has 102 valence electrons. The van der Waals surface area contributed by atoms with Gasteiger partial charge in [-0.3, -0.25) is 9.36 Å². The monoisotopic (exact) mass is 269 g/mol. The first-order valence-corrected chi connectivity index (χ1v) is 6.06. The van der Waals surface area contributed by atoms with Gasteiger partial charge in [0, 0.05) is 5.69 Å². The van der Waals surface area contributed by atoms with Crippen LogP contribution < -0.4 is 16.0 Å². The minimum absolute atomic E-state index is 0.144. The summed E-state index contributed by atoms with van der Waals surface area (Å²) in [7, 11) is 1.53. The fourth-order valence-corrected chi connectivity index (χ4v) is 2.21. The Bertz CT molecular complexity index is 770. The zero-order valence-corrected chi connectivity index (χ0v) is 11.6. The normalized spacial score (nSPS) is 10.1. The lowest BCUT2D eigenvalue weighted by atomic mass is 10.1. The fourth-order valence-electron chi connectivity index (χ4n) is 2.21. The molecule has 2 aromatic rings. The number of hydrogen-bond acceptors (Lipinski definition) is 4. The van der Waals surface area contributed by atoms with Crippen LogP contribution in [0.5, 0.6) is 5.75 Å². The molecule has 1 aromatic heterocycles. The van der Waals surface area contributed by atoms with Gasteiger partial charge in [-0.25, -0.2) is 0 Å². The molecule has 1 aromatic carbocycles. The zero-order chi connectivity index (χ0) is 14.9. The maximum Gasteiger partial charge on any atom is 0.273 e. The first kappa shape index (κ1) is 13.7. The van der Waals surface area contributed by atoms with Crippen molar-refractivity contribution in [2.45, 2.75) is 13.8 Å². The van der Waals surface area contributed by atoms with Gasteiger partial charge in [-0.15, -0.1) is 0 Å². The van der Waals surface area contributed by atoms with Gasteiger partial charge in [0.15, 0.2) is 0 Å². The molecular formula is C15H15N3O2. The van der Waals surface area contributed by atoms with Gasteiger partial charge in [-0.05, 0) is 43.7 Å². The van der Waals surface area contributed by atoms with E-state index in [0.717, 1.165) is 5.69 Å². The molecule has 0 aliphatic carbocycles. The number of nitrogen functional groups attached to an aromatic ring is 1. The van der Waals surface area contributed by atoms with Crippen molar-refractivity contribution < 1.29 is 4.74 Å². The van der Waals surface area contributed by atoms with Crippen LogP contribution in [-0.2, 0) is 0 Å². The molecule has 0 amide bonds. The largest absolute Gasteiger partial charge is 0.495 e. The summed E-state index contributed by atoms with van der Waals surface area (Å²) in [4.78, 5) is 12.4. The highest BCUT2D eigenvalue weighted by atomic mass is 16.5. The Labute approximate surface area is 116 Å². The number of rotatable bonds is 2. The fraction of sp³-hybridized carbons (Fsp3) is 0.200. The standard InChI is InChI=1S/C15H15N3O2/c1-9-6-10(2)18(15(19)12(9)8-16)11-4-5-14(20-3)13(17)7-11/h4-7H,17H2,1-3H3. The van der Waals surface area contributed by atoms with E-state index < -0.39 is 0 Å². The van der Waals surface area contributed by atoms with Crippen molar-refractivity contribution in [3.05, 3.63) is 51.4 Å². The van der Waals surface area contributed by atoms with Crippen molar-refractivity contribution in [3.63, 3.8) is 0 Å². The molecule has 0 saturated heterocycles. The molecule has 0 aliphatic rings. The van der Waals surface area contributed by atoms with Crippen molar-refractivity contribution >= 4 is 5.69 Å². The summed E-state index contributed by atoms with van der Waals surface area (Å²) in [5, 5.41) is 9.09. The third-order valence-corrected chi connectivity index (χ3v) is 3.17. The number of anilines is 1. The minimum atomic E-state index is -0.338. The average Bonchev–Trinajstić information content (AvgIpc) is 2.39. The van der Waals surface area contributed by atoms with E-state index in [1.807, 2.05) is 13.0 Å². The summed E-state index contributed by atoms with van der Waals surface area (Å²) in [5.74, 6) is 0.548.